The first-order valence-corrected chi connectivity index (χ1v) is 6.70. The van der Waals surface area contributed by atoms with E-state index in [0.717, 1.165) is 0 Å². The van der Waals surface area contributed by atoms with E-state index >= 15 is 0 Å². The fraction of sp³-hybridized carbons (Fsp3) is 0.923. The molecule has 0 saturated heterocycles. The average molecular weight is 208 g/mol. The van der Waals surface area contributed by atoms with Gasteiger partial charge in [-0.3, -0.25) is 5.41 Å². The lowest BCUT2D eigenvalue weighted by Gasteiger charge is -2.40. The smallest absolute Gasteiger partial charge is 0.0822 e. The average Bonchev–Trinajstić information content (AvgIpc) is 2.33. The van der Waals surface area contributed by atoms with Gasteiger partial charge in [0.05, 0.1) is 6.34 Å². The van der Waals surface area contributed by atoms with Gasteiger partial charge in [0.1, 0.15) is 0 Å². The molecule has 2 aliphatic rings. The Morgan fingerprint density at radius 2 is 1.13 bits per heavy atom. The Kier molecular flexibility index (Phi) is 4.04. The second kappa shape index (κ2) is 5.53. The topological polar surface area (TPSA) is 27.1 Å². The van der Waals surface area contributed by atoms with Crippen LogP contribution in [-0.4, -0.2) is 23.3 Å². The van der Waals surface area contributed by atoms with Gasteiger partial charge in [-0.05, 0) is 25.7 Å². The third-order valence-corrected chi connectivity index (χ3v) is 4.14. The Bertz CT molecular complexity index is 173. The third kappa shape index (κ3) is 2.73. The van der Waals surface area contributed by atoms with E-state index in [9.17, 15) is 0 Å². The van der Waals surface area contributed by atoms with E-state index in [1.165, 1.54) is 64.2 Å². The zero-order valence-corrected chi connectivity index (χ0v) is 9.75. The van der Waals surface area contributed by atoms with E-state index in [2.05, 4.69) is 4.90 Å². The zero-order chi connectivity index (χ0) is 10.5. The lowest BCUT2D eigenvalue weighted by molar-refractivity contribution is 0.162. The van der Waals surface area contributed by atoms with Gasteiger partial charge in [-0.25, -0.2) is 0 Å². The Morgan fingerprint density at radius 1 is 0.733 bits per heavy atom. The molecule has 2 aliphatic carbocycles. The molecular weight excluding hydrogens is 184 g/mol. The van der Waals surface area contributed by atoms with Crippen LogP contribution in [0.3, 0.4) is 0 Å². The van der Waals surface area contributed by atoms with Gasteiger partial charge < -0.3 is 4.90 Å². The Hall–Kier alpha value is -0.530. The van der Waals surface area contributed by atoms with Gasteiger partial charge >= 0.3 is 0 Å². The molecule has 1 N–H and O–H groups in total. The molecule has 2 saturated carbocycles. The minimum atomic E-state index is 0.694. The van der Waals surface area contributed by atoms with Gasteiger partial charge in [0, 0.05) is 12.1 Å². The van der Waals surface area contributed by atoms with Crippen molar-refractivity contribution in [3.8, 4) is 0 Å². The van der Waals surface area contributed by atoms with Crippen molar-refractivity contribution in [1.29, 1.82) is 5.41 Å². The SMILES string of the molecule is N=CN(C1CCCCC1)C1CCCCC1. The van der Waals surface area contributed by atoms with Crippen LogP contribution in [0, 0.1) is 5.41 Å². The van der Waals surface area contributed by atoms with Crippen LogP contribution < -0.4 is 0 Å². The highest BCUT2D eigenvalue weighted by molar-refractivity contribution is 5.52. The minimum absolute atomic E-state index is 0.694. The number of rotatable bonds is 3. The molecule has 2 rings (SSSR count). The Morgan fingerprint density at radius 3 is 1.47 bits per heavy atom. The molecule has 0 spiro atoms. The first kappa shape index (κ1) is 11.0. The minimum Gasteiger partial charge on any atom is -0.357 e. The summed E-state index contributed by atoms with van der Waals surface area (Å²) in [7, 11) is 0. The van der Waals surface area contributed by atoms with Crippen LogP contribution in [0.5, 0.6) is 0 Å². The molecule has 0 atom stereocenters. The fourth-order valence-corrected chi connectivity index (χ4v) is 3.27. The second-order valence-corrected chi connectivity index (χ2v) is 5.16. The highest BCUT2D eigenvalue weighted by Gasteiger charge is 2.26. The van der Waals surface area contributed by atoms with E-state index in [1.807, 2.05) is 0 Å². The van der Waals surface area contributed by atoms with Gasteiger partial charge in [-0.15, -0.1) is 0 Å². The molecule has 2 fully saturated rings. The van der Waals surface area contributed by atoms with Gasteiger partial charge in [-0.1, -0.05) is 38.5 Å². The molecule has 0 amide bonds. The van der Waals surface area contributed by atoms with E-state index in [0.29, 0.717) is 12.1 Å². The predicted octanol–water partition coefficient (Wildman–Crippen LogP) is 3.56. The third-order valence-electron chi connectivity index (χ3n) is 4.14. The van der Waals surface area contributed by atoms with Crippen LogP contribution in [0.25, 0.3) is 0 Å². The summed E-state index contributed by atoms with van der Waals surface area (Å²) in [6.45, 7) is 0. The first-order valence-electron chi connectivity index (χ1n) is 6.70. The first-order chi connectivity index (χ1) is 7.42. The molecular formula is C13H24N2. The van der Waals surface area contributed by atoms with Gasteiger partial charge in [0.25, 0.3) is 0 Å². The van der Waals surface area contributed by atoms with E-state index in [4.69, 9.17) is 5.41 Å². The standard InChI is InChI=1S/C13H24N2/c14-11-15(12-7-3-1-4-8-12)13-9-5-2-6-10-13/h11-14H,1-10H2. The molecule has 15 heavy (non-hydrogen) atoms. The Labute approximate surface area is 93.6 Å². The van der Waals surface area contributed by atoms with Crippen LogP contribution in [0.15, 0.2) is 0 Å². The van der Waals surface area contributed by atoms with E-state index in [1.54, 1.807) is 6.34 Å². The number of nitrogens with one attached hydrogen (secondary N) is 1. The molecule has 0 radical (unpaired) electrons. The number of nitrogens with zero attached hydrogens (tertiary/aromatic N) is 1. The van der Waals surface area contributed by atoms with E-state index in [-0.39, 0.29) is 0 Å². The fourth-order valence-electron chi connectivity index (χ4n) is 3.27. The van der Waals surface area contributed by atoms with Crippen LogP contribution in [0.1, 0.15) is 64.2 Å². The Balaban J connectivity index is 1.91. The highest BCUT2D eigenvalue weighted by atomic mass is 15.2. The number of hydrogen-bond acceptors (Lipinski definition) is 1. The molecule has 0 aromatic heterocycles. The lowest BCUT2D eigenvalue weighted by atomic mass is 9.89. The van der Waals surface area contributed by atoms with Crippen molar-refractivity contribution in [2.75, 3.05) is 0 Å². The van der Waals surface area contributed by atoms with Crippen molar-refractivity contribution in [2.24, 2.45) is 0 Å². The quantitative estimate of drug-likeness (QED) is 0.557. The largest absolute Gasteiger partial charge is 0.357 e. The molecule has 0 aromatic carbocycles. The maximum atomic E-state index is 7.63. The maximum Gasteiger partial charge on any atom is 0.0822 e. The zero-order valence-electron chi connectivity index (χ0n) is 9.75. The molecule has 2 heteroatoms. The summed E-state index contributed by atoms with van der Waals surface area (Å²) < 4.78 is 0. The van der Waals surface area contributed by atoms with E-state index < -0.39 is 0 Å². The monoisotopic (exact) mass is 208 g/mol. The molecule has 0 bridgehead atoms. The highest BCUT2D eigenvalue weighted by Crippen LogP contribution is 2.28. The molecule has 2 nitrogen and oxygen atoms in total. The summed E-state index contributed by atoms with van der Waals surface area (Å²) in [5, 5.41) is 7.63. The van der Waals surface area contributed by atoms with Gasteiger partial charge in [0.2, 0.25) is 0 Å². The van der Waals surface area contributed by atoms with Gasteiger partial charge in [0.15, 0.2) is 0 Å². The van der Waals surface area contributed by atoms with Crippen molar-refractivity contribution in [3.63, 3.8) is 0 Å². The summed E-state index contributed by atoms with van der Waals surface area (Å²) >= 11 is 0. The number of hydrogen-bond donors (Lipinski definition) is 1. The van der Waals surface area contributed by atoms with Gasteiger partial charge in [-0.2, -0.15) is 0 Å². The molecule has 0 unspecified atom stereocenters. The van der Waals surface area contributed by atoms with Crippen molar-refractivity contribution in [2.45, 2.75) is 76.3 Å². The second-order valence-electron chi connectivity index (χ2n) is 5.16. The molecule has 86 valence electrons. The summed E-state index contributed by atoms with van der Waals surface area (Å²) in [5.41, 5.74) is 0. The summed E-state index contributed by atoms with van der Waals surface area (Å²) in [6.07, 6.45) is 15.3. The maximum absolute atomic E-state index is 7.63. The van der Waals surface area contributed by atoms with Crippen molar-refractivity contribution >= 4 is 6.34 Å². The molecule has 0 aliphatic heterocycles. The normalized spacial score (nSPS) is 25.1. The predicted molar refractivity (Wildman–Crippen MR) is 64.4 cm³/mol. The summed E-state index contributed by atoms with van der Waals surface area (Å²) in [5.74, 6) is 0. The van der Waals surface area contributed by atoms with Crippen LogP contribution in [-0.2, 0) is 0 Å². The molecule has 0 heterocycles. The summed E-state index contributed by atoms with van der Waals surface area (Å²) in [4.78, 5) is 2.39. The van der Waals surface area contributed by atoms with Crippen molar-refractivity contribution in [1.82, 2.24) is 4.90 Å². The van der Waals surface area contributed by atoms with Crippen LogP contribution >= 0.6 is 0 Å². The molecule has 0 aromatic rings. The summed E-state index contributed by atoms with van der Waals surface area (Å²) in [6, 6.07) is 1.39. The van der Waals surface area contributed by atoms with Crippen molar-refractivity contribution in [3.05, 3.63) is 0 Å². The van der Waals surface area contributed by atoms with Crippen LogP contribution in [0.2, 0.25) is 0 Å². The van der Waals surface area contributed by atoms with Crippen molar-refractivity contribution < 1.29 is 0 Å². The van der Waals surface area contributed by atoms with Crippen LogP contribution in [0.4, 0.5) is 0 Å². The lowest BCUT2D eigenvalue weighted by Crippen LogP contribution is -2.44.